The summed E-state index contributed by atoms with van der Waals surface area (Å²) in [5.74, 6) is -0.798. The summed E-state index contributed by atoms with van der Waals surface area (Å²) in [5, 5.41) is 8.73. The summed E-state index contributed by atoms with van der Waals surface area (Å²) in [4.78, 5) is -0.549. The molecule has 0 aliphatic heterocycles. The summed E-state index contributed by atoms with van der Waals surface area (Å²) in [7, 11) is 0.911. The zero-order valence-corrected chi connectivity index (χ0v) is 8.94. The van der Waals surface area contributed by atoms with Crippen molar-refractivity contribution in [2.75, 3.05) is 0 Å². The molecule has 7 heteroatoms. The molecule has 0 aromatic heterocycles. The Labute approximate surface area is 90.5 Å². The van der Waals surface area contributed by atoms with Crippen LogP contribution in [0.3, 0.4) is 0 Å². The van der Waals surface area contributed by atoms with Gasteiger partial charge in [0.2, 0.25) is 0 Å². The number of nitriles is 1. The first kappa shape index (κ1) is 11.9. The van der Waals surface area contributed by atoms with Gasteiger partial charge in [-0.05, 0) is 17.7 Å². The second-order valence-electron chi connectivity index (χ2n) is 2.69. The fourth-order valence-electron chi connectivity index (χ4n) is 1.12. The van der Waals surface area contributed by atoms with Crippen molar-refractivity contribution in [1.82, 2.24) is 0 Å². The van der Waals surface area contributed by atoms with Crippen molar-refractivity contribution in [3.63, 3.8) is 0 Å². The van der Waals surface area contributed by atoms with Crippen molar-refractivity contribution in [2.24, 2.45) is 5.73 Å². The average Bonchev–Trinajstić information content (AvgIpc) is 2.15. The van der Waals surface area contributed by atoms with Crippen LogP contribution in [0.25, 0.3) is 0 Å². The van der Waals surface area contributed by atoms with E-state index in [9.17, 15) is 12.8 Å². The van der Waals surface area contributed by atoms with E-state index in [-0.39, 0.29) is 17.7 Å². The Kier molecular flexibility index (Phi) is 3.29. The van der Waals surface area contributed by atoms with Crippen LogP contribution in [0.1, 0.15) is 11.1 Å². The number of halogens is 2. The maximum atomic E-state index is 13.0. The Morgan fingerprint density at radius 2 is 2.13 bits per heavy atom. The third-order valence-corrected chi connectivity index (χ3v) is 3.09. The highest BCUT2D eigenvalue weighted by Gasteiger charge is 2.19. The number of hydrogen-bond donors (Lipinski definition) is 1. The van der Waals surface area contributed by atoms with Crippen molar-refractivity contribution >= 4 is 19.7 Å². The summed E-state index contributed by atoms with van der Waals surface area (Å²) >= 11 is 0. The van der Waals surface area contributed by atoms with Crippen LogP contribution in [0, 0.1) is 17.1 Å². The zero-order chi connectivity index (χ0) is 11.6. The number of nitrogens with two attached hydrogens (primary N) is 1. The van der Waals surface area contributed by atoms with Gasteiger partial charge in [-0.1, -0.05) is 0 Å². The predicted octanol–water partition coefficient (Wildman–Crippen LogP) is 1.08. The van der Waals surface area contributed by atoms with Gasteiger partial charge in [-0.3, -0.25) is 0 Å². The van der Waals surface area contributed by atoms with Gasteiger partial charge in [0.1, 0.15) is 16.8 Å². The van der Waals surface area contributed by atoms with E-state index in [4.69, 9.17) is 21.7 Å². The molecule has 1 rings (SSSR count). The molecule has 0 aliphatic rings. The average molecular weight is 249 g/mol. The second kappa shape index (κ2) is 4.14. The van der Waals surface area contributed by atoms with Gasteiger partial charge in [-0.2, -0.15) is 5.26 Å². The third kappa shape index (κ3) is 2.45. The van der Waals surface area contributed by atoms with Crippen molar-refractivity contribution in [3.8, 4) is 6.07 Å². The lowest BCUT2D eigenvalue weighted by molar-refractivity contribution is 0.600. The van der Waals surface area contributed by atoms with Crippen LogP contribution < -0.4 is 5.73 Å². The lowest BCUT2D eigenvalue weighted by Gasteiger charge is -2.05. The fourth-order valence-corrected chi connectivity index (χ4v) is 2.16. The minimum absolute atomic E-state index is 0.108. The maximum Gasteiger partial charge on any atom is 0.262 e. The highest BCUT2D eigenvalue weighted by atomic mass is 35.7. The molecule has 0 fully saturated rings. The first-order valence-electron chi connectivity index (χ1n) is 3.77. The quantitative estimate of drug-likeness (QED) is 0.794. The van der Waals surface area contributed by atoms with Crippen molar-refractivity contribution in [3.05, 3.63) is 29.1 Å². The first-order chi connectivity index (χ1) is 6.90. The molecule has 0 bridgehead atoms. The normalized spacial score (nSPS) is 11.1. The molecule has 0 unspecified atom stereocenters. The van der Waals surface area contributed by atoms with Gasteiger partial charge in [0.15, 0.2) is 0 Å². The van der Waals surface area contributed by atoms with Crippen molar-refractivity contribution < 1.29 is 12.8 Å². The maximum absolute atomic E-state index is 13.0. The molecule has 15 heavy (non-hydrogen) atoms. The molecule has 0 heterocycles. The van der Waals surface area contributed by atoms with Crippen LogP contribution in [-0.4, -0.2) is 8.42 Å². The molecule has 0 aliphatic carbocycles. The van der Waals surface area contributed by atoms with Gasteiger partial charge >= 0.3 is 0 Å². The van der Waals surface area contributed by atoms with E-state index in [0.717, 1.165) is 6.07 Å². The summed E-state index contributed by atoms with van der Waals surface area (Å²) in [6.07, 6.45) is 0. The van der Waals surface area contributed by atoms with Crippen LogP contribution in [0.5, 0.6) is 0 Å². The molecular weight excluding hydrogens is 243 g/mol. The summed E-state index contributed by atoms with van der Waals surface area (Å²) in [6, 6.07) is 3.34. The Bertz CT molecular complexity index is 536. The molecule has 80 valence electrons. The van der Waals surface area contributed by atoms with Gasteiger partial charge in [-0.25, -0.2) is 12.8 Å². The SMILES string of the molecule is N#Cc1c(CN)cc(F)cc1S(=O)(=O)Cl. The zero-order valence-electron chi connectivity index (χ0n) is 7.37. The smallest absolute Gasteiger partial charge is 0.262 e. The van der Waals surface area contributed by atoms with Crippen LogP contribution in [0.4, 0.5) is 4.39 Å². The van der Waals surface area contributed by atoms with E-state index in [1.807, 2.05) is 0 Å². The van der Waals surface area contributed by atoms with E-state index in [0.29, 0.717) is 6.07 Å². The summed E-state index contributed by atoms with van der Waals surface area (Å²) < 4.78 is 35.1. The molecule has 0 saturated heterocycles. The lowest BCUT2D eigenvalue weighted by atomic mass is 10.1. The number of benzene rings is 1. The molecular formula is C8H6ClFN2O2S. The highest BCUT2D eigenvalue weighted by Crippen LogP contribution is 2.23. The van der Waals surface area contributed by atoms with Gasteiger partial charge in [0.25, 0.3) is 9.05 Å². The van der Waals surface area contributed by atoms with Gasteiger partial charge in [0, 0.05) is 17.2 Å². The van der Waals surface area contributed by atoms with Gasteiger partial charge < -0.3 is 5.73 Å². The number of rotatable bonds is 2. The van der Waals surface area contributed by atoms with Crippen LogP contribution in [0.2, 0.25) is 0 Å². The molecule has 4 nitrogen and oxygen atoms in total. The molecule has 0 spiro atoms. The lowest BCUT2D eigenvalue weighted by Crippen LogP contribution is -2.05. The minimum Gasteiger partial charge on any atom is -0.326 e. The van der Waals surface area contributed by atoms with Crippen LogP contribution in [-0.2, 0) is 15.6 Å². The van der Waals surface area contributed by atoms with Gasteiger partial charge in [0.05, 0.1) is 5.56 Å². The van der Waals surface area contributed by atoms with Gasteiger partial charge in [-0.15, -0.1) is 0 Å². The van der Waals surface area contributed by atoms with E-state index < -0.39 is 19.8 Å². The van der Waals surface area contributed by atoms with E-state index in [1.165, 1.54) is 0 Å². The van der Waals surface area contributed by atoms with Crippen molar-refractivity contribution in [1.29, 1.82) is 5.26 Å². The third-order valence-electron chi connectivity index (χ3n) is 1.74. The minimum atomic E-state index is -4.15. The van der Waals surface area contributed by atoms with E-state index in [1.54, 1.807) is 6.07 Å². The Morgan fingerprint density at radius 1 is 1.53 bits per heavy atom. The molecule has 2 N–H and O–H groups in total. The molecule has 0 atom stereocenters. The molecule has 0 radical (unpaired) electrons. The summed E-state index contributed by atoms with van der Waals surface area (Å²) in [6.45, 7) is -0.139. The molecule has 0 amide bonds. The standard InChI is InChI=1S/C8H6ClFN2O2S/c9-15(13,14)8-2-6(10)1-5(3-11)7(8)4-12/h1-2H,3,11H2. The first-order valence-corrected chi connectivity index (χ1v) is 6.08. The topological polar surface area (TPSA) is 83.9 Å². The number of nitrogens with zero attached hydrogens (tertiary/aromatic N) is 1. The monoisotopic (exact) mass is 248 g/mol. The fraction of sp³-hybridized carbons (Fsp3) is 0.125. The van der Waals surface area contributed by atoms with Crippen molar-refractivity contribution in [2.45, 2.75) is 11.4 Å². The highest BCUT2D eigenvalue weighted by molar-refractivity contribution is 8.13. The molecule has 1 aromatic rings. The van der Waals surface area contributed by atoms with E-state index in [2.05, 4.69) is 0 Å². The van der Waals surface area contributed by atoms with Crippen LogP contribution in [0.15, 0.2) is 17.0 Å². The Balaban J connectivity index is 3.66. The number of hydrogen-bond acceptors (Lipinski definition) is 4. The largest absolute Gasteiger partial charge is 0.326 e. The second-order valence-corrected chi connectivity index (χ2v) is 5.23. The van der Waals surface area contributed by atoms with E-state index >= 15 is 0 Å². The summed E-state index contributed by atoms with van der Waals surface area (Å²) in [5.41, 5.74) is 5.15. The molecule has 1 aromatic carbocycles. The Morgan fingerprint density at radius 3 is 2.53 bits per heavy atom. The predicted molar refractivity (Wildman–Crippen MR) is 52.0 cm³/mol. The molecule has 0 saturated carbocycles. The Hall–Kier alpha value is -1.16. The van der Waals surface area contributed by atoms with Crippen LogP contribution >= 0.6 is 10.7 Å².